The van der Waals surface area contributed by atoms with E-state index in [1.807, 2.05) is 48.3 Å². The first-order chi connectivity index (χ1) is 16.5. The molecular weight excluding hydrogens is 432 g/mol. The fourth-order valence-electron chi connectivity index (χ4n) is 6.65. The van der Waals surface area contributed by atoms with Crippen LogP contribution in [0.5, 0.6) is 11.5 Å². The van der Waals surface area contributed by atoms with Crippen LogP contribution < -0.4 is 14.8 Å². The summed E-state index contributed by atoms with van der Waals surface area (Å²) in [6.07, 6.45) is 0. The Labute approximate surface area is 195 Å². The molecule has 3 heterocycles. The third-order valence-electron chi connectivity index (χ3n) is 7.95. The van der Waals surface area contributed by atoms with Crippen LogP contribution in [0.3, 0.4) is 0 Å². The van der Waals surface area contributed by atoms with E-state index in [-0.39, 0.29) is 24.3 Å². The third kappa shape index (κ3) is 1.97. The van der Waals surface area contributed by atoms with Crippen LogP contribution in [0.15, 0.2) is 66.7 Å². The number of rotatable bonds is 1. The van der Waals surface area contributed by atoms with Crippen LogP contribution in [0, 0.1) is 5.41 Å². The lowest BCUT2D eigenvalue weighted by Crippen LogP contribution is -2.60. The standard InChI is InChI=1S/C27H20N2O5/c1-29-13-19(15-10-11-21-22(12-15)34-14-33-21)26(23(30)16-6-2-3-7-17(16)24(26)31)27(29)18-8-4-5-9-20(18)28-25(27)32/h2-12,19H,13-14H2,1H3,(H,28,32)/t19-,27-/m1/s1. The molecule has 1 saturated heterocycles. The first-order valence-electron chi connectivity index (χ1n) is 11.2. The number of hydrogen-bond acceptors (Lipinski definition) is 6. The van der Waals surface area contributed by atoms with E-state index in [0.29, 0.717) is 40.4 Å². The number of anilines is 1. The highest BCUT2D eigenvalue weighted by Crippen LogP contribution is 2.66. The molecule has 4 aliphatic rings. The molecule has 34 heavy (non-hydrogen) atoms. The normalized spacial score (nSPS) is 25.8. The fraction of sp³-hybridized carbons (Fsp3) is 0.222. The van der Waals surface area contributed by atoms with Crippen LogP contribution in [-0.2, 0) is 10.3 Å². The largest absolute Gasteiger partial charge is 0.454 e. The van der Waals surface area contributed by atoms with Crippen molar-refractivity contribution in [3.8, 4) is 11.5 Å². The van der Waals surface area contributed by atoms with Crippen LogP contribution in [0.4, 0.5) is 5.69 Å². The highest BCUT2D eigenvalue weighted by molar-refractivity contribution is 6.34. The summed E-state index contributed by atoms with van der Waals surface area (Å²) in [5.41, 5.74) is -0.357. The van der Waals surface area contributed by atoms with Crippen molar-refractivity contribution in [1.29, 1.82) is 0 Å². The van der Waals surface area contributed by atoms with E-state index in [4.69, 9.17) is 9.47 Å². The lowest BCUT2D eigenvalue weighted by molar-refractivity contribution is -0.128. The van der Waals surface area contributed by atoms with Crippen molar-refractivity contribution in [3.05, 3.63) is 89.0 Å². The van der Waals surface area contributed by atoms with Crippen molar-refractivity contribution >= 4 is 23.2 Å². The number of fused-ring (bicyclic) bond motifs is 5. The summed E-state index contributed by atoms with van der Waals surface area (Å²) in [5.74, 6) is -0.359. The fourth-order valence-corrected chi connectivity index (χ4v) is 6.65. The van der Waals surface area contributed by atoms with E-state index in [0.717, 1.165) is 5.56 Å². The van der Waals surface area contributed by atoms with Crippen molar-refractivity contribution < 1.29 is 23.9 Å². The highest BCUT2D eigenvalue weighted by atomic mass is 16.7. The Morgan fingerprint density at radius 1 is 0.882 bits per heavy atom. The molecule has 3 aliphatic heterocycles. The summed E-state index contributed by atoms with van der Waals surface area (Å²) in [6, 6.07) is 19.7. The zero-order valence-corrected chi connectivity index (χ0v) is 18.3. The summed E-state index contributed by atoms with van der Waals surface area (Å²) in [6.45, 7) is 0.463. The van der Waals surface area contributed by atoms with E-state index in [9.17, 15) is 14.4 Å². The zero-order chi connectivity index (χ0) is 23.2. The zero-order valence-electron chi connectivity index (χ0n) is 18.3. The second-order valence-electron chi connectivity index (χ2n) is 9.27. The number of para-hydroxylation sites is 1. The number of amides is 1. The molecule has 1 N–H and O–H groups in total. The van der Waals surface area contributed by atoms with Crippen LogP contribution in [0.2, 0.25) is 0 Å². The molecule has 2 spiro atoms. The van der Waals surface area contributed by atoms with Gasteiger partial charge in [0.25, 0.3) is 5.91 Å². The second-order valence-corrected chi connectivity index (χ2v) is 9.27. The van der Waals surface area contributed by atoms with Crippen LogP contribution >= 0.6 is 0 Å². The third-order valence-corrected chi connectivity index (χ3v) is 7.95. The van der Waals surface area contributed by atoms with Gasteiger partial charge in [-0.1, -0.05) is 48.5 Å². The van der Waals surface area contributed by atoms with Gasteiger partial charge in [-0.3, -0.25) is 19.3 Å². The van der Waals surface area contributed by atoms with E-state index in [2.05, 4.69) is 5.32 Å². The maximum absolute atomic E-state index is 14.4. The van der Waals surface area contributed by atoms with Crippen molar-refractivity contribution in [2.24, 2.45) is 5.41 Å². The monoisotopic (exact) mass is 452 g/mol. The SMILES string of the molecule is CN1C[C@H](c2ccc3c(c2)OCO3)C2(C(=O)c3ccccc3C2=O)[C@@]12C(=O)Nc1ccccc12. The van der Waals surface area contributed by atoms with Gasteiger partial charge in [-0.15, -0.1) is 0 Å². The van der Waals surface area contributed by atoms with Crippen molar-refractivity contribution in [2.45, 2.75) is 11.5 Å². The van der Waals surface area contributed by atoms with Gasteiger partial charge >= 0.3 is 0 Å². The summed E-state index contributed by atoms with van der Waals surface area (Å²) >= 11 is 0. The second kappa shape index (κ2) is 6.33. The first kappa shape index (κ1) is 19.5. The Hall–Kier alpha value is -3.97. The summed E-state index contributed by atoms with van der Waals surface area (Å²) < 4.78 is 11.1. The van der Waals surface area contributed by atoms with Crippen LogP contribution in [-0.4, -0.2) is 42.8 Å². The van der Waals surface area contributed by atoms with Crippen molar-refractivity contribution in [3.63, 3.8) is 0 Å². The number of likely N-dealkylation sites (N-methyl/N-ethyl adjacent to an activating group) is 1. The maximum Gasteiger partial charge on any atom is 0.251 e. The number of benzene rings is 3. The molecular formula is C27H20N2O5. The van der Waals surface area contributed by atoms with Gasteiger partial charge < -0.3 is 14.8 Å². The molecule has 0 bridgehead atoms. The predicted octanol–water partition coefficient (Wildman–Crippen LogP) is 3.36. The number of nitrogens with one attached hydrogen (secondary N) is 1. The molecule has 0 unspecified atom stereocenters. The number of hydrogen-bond donors (Lipinski definition) is 1. The molecule has 7 rings (SSSR count). The van der Waals surface area contributed by atoms with E-state index in [1.165, 1.54) is 0 Å². The maximum atomic E-state index is 14.4. The number of ether oxygens (including phenoxy) is 2. The Balaban J connectivity index is 1.56. The Kier molecular flexibility index (Phi) is 3.63. The minimum absolute atomic E-state index is 0.123. The van der Waals surface area contributed by atoms with Gasteiger partial charge in [0.2, 0.25) is 6.79 Å². The highest BCUT2D eigenvalue weighted by Gasteiger charge is 2.78. The number of ketones is 2. The molecule has 0 radical (unpaired) electrons. The van der Waals surface area contributed by atoms with Gasteiger partial charge in [0, 0.05) is 34.8 Å². The minimum atomic E-state index is -1.66. The molecule has 168 valence electrons. The van der Waals surface area contributed by atoms with Gasteiger partial charge in [-0.05, 0) is 30.8 Å². The lowest BCUT2D eigenvalue weighted by Gasteiger charge is -2.42. The van der Waals surface area contributed by atoms with Gasteiger partial charge in [-0.25, -0.2) is 0 Å². The van der Waals surface area contributed by atoms with E-state index in [1.54, 1.807) is 30.3 Å². The molecule has 1 fully saturated rings. The van der Waals surface area contributed by atoms with Crippen molar-refractivity contribution in [2.75, 3.05) is 25.7 Å². The number of Topliss-reactive ketones (excluding diaryl/α,β-unsaturated/α-hetero) is 2. The molecule has 1 aliphatic carbocycles. The quantitative estimate of drug-likeness (QED) is 0.570. The topological polar surface area (TPSA) is 84.9 Å². The summed E-state index contributed by atoms with van der Waals surface area (Å²) in [5, 5.41) is 2.96. The lowest BCUT2D eigenvalue weighted by atomic mass is 9.58. The molecule has 0 aromatic heterocycles. The number of likely N-dealkylation sites (tertiary alicyclic amines) is 1. The number of carbonyl (C=O) groups excluding carboxylic acids is 3. The average Bonchev–Trinajstić information content (AvgIpc) is 3.56. The van der Waals surface area contributed by atoms with E-state index >= 15 is 0 Å². The number of nitrogens with zero attached hydrogens (tertiary/aromatic N) is 1. The minimum Gasteiger partial charge on any atom is -0.454 e. The van der Waals surface area contributed by atoms with Crippen molar-refractivity contribution in [1.82, 2.24) is 4.90 Å². The molecule has 1 amide bonds. The van der Waals surface area contributed by atoms with Crippen LogP contribution in [0.1, 0.15) is 37.8 Å². The molecule has 0 saturated carbocycles. The Morgan fingerprint density at radius 2 is 1.56 bits per heavy atom. The molecule has 3 aromatic rings. The number of carbonyl (C=O) groups is 3. The van der Waals surface area contributed by atoms with Gasteiger partial charge in [-0.2, -0.15) is 0 Å². The molecule has 3 aromatic carbocycles. The molecule has 2 atom stereocenters. The predicted molar refractivity (Wildman–Crippen MR) is 122 cm³/mol. The average molecular weight is 452 g/mol. The summed E-state index contributed by atoms with van der Waals surface area (Å²) in [4.78, 5) is 44.7. The smallest absolute Gasteiger partial charge is 0.251 e. The van der Waals surface area contributed by atoms with Gasteiger partial charge in [0.15, 0.2) is 23.1 Å². The van der Waals surface area contributed by atoms with Crippen LogP contribution in [0.25, 0.3) is 0 Å². The molecule has 7 nitrogen and oxygen atoms in total. The van der Waals surface area contributed by atoms with E-state index < -0.39 is 16.9 Å². The molecule has 7 heteroatoms. The first-order valence-corrected chi connectivity index (χ1v) is 11.2. The Morgan fingerprint density at radius 3 is 2.32 bits per heavy atom. The Bertz CT molecular complexity index is 1410. The summed E-state index contributed by atoms with van der Waals surface area (Å²) in [7, 11) is 1.82. The van der Waals surface area contributed by atoms with Gasteiger partial charge in [0.05, 0.1) is 0 Å². The van der Waals surface area contributed by atoms with Gasteiger partial charge in [0.1, 0.15) is 11.0 Å².